The third-order valence-electron chi connectivity index (χ3n) is 3.48. The van der Waals surface area contributed by atoms with Gasteiger partial charge < -0.3 is 0 Å². The lowest BCUT2D eigenvalue weighted by molar-refractivity contribution is 0.489. The van der Waals surface area contributed by atoms with Gasteiger partial charge in [-0.2, -0.15) is 0 Å². The lowest BCUT2D eigenvalue weighted by Crippen LogP contribution is -2.34. The Labute approximate surface area is 137 Å². The Morgan fingerprint density at radius 3 is 2.14 bits per heavy atom. The first kappa shape index (κ1) is 16.5. The topological polar surface area (TPSA) is 0 Å². The van der Waals surface area contributed by atoms with E-state index >= 15 is 0 Å². The van der Waals surface area contributed by atoms with Gasteiger partial charge in [-0.15, -0.1) is 23.2 Å². The summed E-state index contributed by atoms with van der Waals surface area (Å²) in [7, 11) is 0. The molecule has 0 spiro atoms. The van der Waals surface area contributed by atoms with Crippen molar-refractivity contribution in [2.75, 3.05) is 11.8 Å². The van der Waals surface area contributed by atoms with Gasteiger partial charge in [0.25, 0.3) is 0 Å². The Kier molecular flexibility index (Phi) is 5.48. The van der Waals surface area contributed by atoms with E-state index in [1.165, 1.54) is 18.2 Å². The maximum absolute atomic E-state index is 14.1. The van der Waals surface area contributed by atoms with Crippen LogP contribution < -0.4 is 0 Å². The van der Waals surface area contributed by atoms with Gasteiger partial charge in [0.1, 0.15) is 11.6 Å². The smallest absolute Gasteiger partial charge is 0.142 e. The second-order valence-corrected chi connectivity index (χ2v) is 5.89. The summed E-state index contributed by atoms with van der Waals surface area (Å²) in [4.78, 5) is 0. The Morgan fingerprint density at radius 1 is 0.905 bits per heavy atom. The van der Waals surface area contributed by atoms with Crippen LogP contribution in [0.3, 0.4) is 0 Å². The molecule has 5 heteroatoms. The Bertz CT molecular complexity index is 625. The standard InChI is InChI=1S/C16H13Cl3F2/c17-9-16(10-18,12-3-1-2-4-14(12)20)8-11-5-6-13(19)15(21)7-11/h1-7H,8-10H2. The fourth-order valence-electron chi connectivity index (χ4n) is 2.30. The molecule has 0 radical (unpaired) electrons. The largest absolute Gasteiger partial charge is 0.207 e. The van der Waals surface area contributed by atoms with Crippen LogP contribution in [0.5, 0.6) is 0 Å². The van der Waals surface area contributed by atoms with Gasteiger partial charge in [0.15, 0.2) is 0 Å². The van der Waals surface area contributed by atoms with Crippen molar-refractivity contribution in [2.24, 2.45) is 0 Å². The highest BCUT2D eigenvalue weighted by Crippen LogP contribution is 2.34. The molecule has 0 amide bonds. The molecular weight excluding hydrogens is 337 g/mol. The van der Waals surface area contributed by atoms with E-state index in [2.05, 4.69) is 0 Å². The highest BCUT2D eigenvalue weighted by atomic mass is 35.5. The SMILES string of the molecule is Fc1cc(CC(CCl)(CCl)c2ccccc2F)ccc1Cl. The van der Waals surface area contributed by atoms with Gasteiger partial charge in [0.05, 0.1) is 5.02 Å². The van der Waals surface area contributed by atoms with Crippen molar-refractivity contribution in [1.82, 2.24) is 0 Å². The van der Waals surface area contributed by atoms with Crippen molar-refractivity contribution in [3.63, 3.8) is 0 Å². The summed E-state index contributed by atoms with van der Waals surface area (Å²) in [5.74, 6) is -0.627. The number of benzene rings is 2. The first-order valence-electron chi connectivity index (χ1n) is 6.33. The quantitative estimate of drug-likeness (QED) is 0.618. The van der Waals surface area contributed by atoms with Gasteiger partial charge in [-0.3, -0.25) is 0 Å². The molecule has 0 saturated heterocycles. The third-order valence-corrected chi connectivity index (χ3v) is 4.81. The van der Waals surface area contributed by atoms with Gasteiger partial charge in [-0.1, -0.05) is 35.9 Å². The highest BCUT2D eigenvalue weighted by Gasteiger charge is 2.33. The van der Waals surface area contributed by atoms with Crippen molar-refractivity contribution >= 4 is 34.8 Å². The van der Waals surface area contributed by atoms with Crippen LogP contribution in [0.4, 0.5) is 8.78 Å². The van der Waals surface area contributed by atoms with Crippen LogP contribution >= 0.6 is 34.8 Å². The van der Waals surface area contributed by atoms with Crippen molar-refractivity contribution in [3.05, 3.63) is 70.2 Å². The van der Waals surface area contributed by atoms with E-state index in [0.717, 1.165) is 0 Å². The monoisotopic (exact) mass is 348 g/mol. The van der Waals surface area contributed by atoms with Gasteiger partial charge >= 0.3 is 0 Å². The van der Waals surface area contributed by atoms with Crippen LogP contribution in [0, 0.1) is 11.6 Å². The molecule has 0 heterocycles. The second kappa shape index (κ2) is 6.95. The van der Waals surface area contributed by atoms with E-state index < -0.39 is 11.2 Å². The minimum atomic E-state index is -0.797. The number of halogens is 5. The summed E-state index contributed by atoms with van der Waals surface area (Å²) in [6, 6.07) is 10.9. The van der Waals surface area contributed by atoms with Gasteiger partial charge in [-0.25, -0.2) is 8.78 Å². The number of hydrogen-bond donors (Lipinski definition) is 0. The molecule has 0 fully saturated rings. The van der Waals surface area contributed by atoms with Crippen LogP contribution in [0.15, 0.2) is 42.5 Å². The minimum absolute atomic E-state index is 0.0481. The fraction of sp³-hybridized carbons (Fsp3) is 0.250. The summed E-state index contributed by atoms with van der Waals surface area (Å²) in [5.41, 5.74) is 0.307. The van der Waals surface area contributed by atoms with Crippen molar-refractivity contribution < 1.29 is 8.78 Å². The molecule has 0 nitrogen and oxygen atoms in total. The molecule has 0 bridgehead atoms. The Hall–Kier alpha value is -0.830. The summed E-state index contributed by atoms with van der Waals surface area (Å²) >= 11 is 17.8. The first-order chi connectivity index (χ1) is 10.0. The Morgan fingerprint density at radius 2 is 1.57 bits per heavy atom. The van der Waals surface area contributed by atoms with Crippen LogP contribution in [0.2, 0.25) is 5.02 Å². The summed E-state index contributed by atoms with van der Waals surface area (Å²) < 4.78 is 27.7. The molecule has 0 N–H and O–H groups in total. The molecule has 2 aromatic rings. The lowest BCUT2D eigenvalue weighted by atomic mass is 9.78. The van der Waals surface area contributed by atoms with Crippen molar-refractivity contribution in [1.29, 1.82) is 0 Å². The van der Waals surface area contributed by atoms with E-state index in [9.17, 15) is 8.78 Å². The van der Waals surface area contributed by atoms with Crippen molar-refractivity contribution in [2.45, 2.75) is 11.8 Å². The zero-order valence-electron chi connectivity index (χ0n) is 11.1. The normalized spacial score (nSPS) is 11.7. The lowest BCUT2D eigenvalue weighted by Gasteiger charge is -2.30. The minimum Gasteiger partial charge on any atom is -0.207 e. The first-order valence-corrected chi connectivity index (χ1v) is 7.78. The van der Waals surface area contributed by atoms with Crippen molar-refractivity contribution in [3.8, 4) is 0 Å². The molecule has 21 heavy (non-hydrogen) atoms. The van der Waals surface area contributed by atoms with Crippen LogP contribution in [-0.2, 0) is 11.8 Å². The average Bonchev–Trinajstić information content (AvgIpc) is 2.49. The van der Waals surface area contributed by atoms with E-state index in [1.807, 2.05) is 0 Å². The summed E-state index contributed by atoms with van der Waals surface area (Å²) in [6.07, 6.45) is 0.328. The molecule has 0 aliphatic carbocycles. The van der Waals surface area contributed by atoms with Crippen LogP contribution in [0.1, 0.15) is 11.1 Å². The van der Waals surface area contributed by atoms with E-state index in [4.69, 9.17) is 34.8 Å². The molecule has 0 aliphatic rings. The number of alkyl halides is 2. The third kappa shape index (κ3) is 3.50. The van der Waals surface area contributed by atoms with E-state index in [-0.39, 0.29) is 22.6 Å². The maximum Gasteiger partial charge on any atom is 0.142 e. The molecule has 112 valence electrons. The zero-order chi connectivity index (χ0) is 15.5. The molecular formula is C16H13Cl3F2. The van der Waals surface area contributed by atoms with Crippen LogP contribution in [0.25, 0.3) is 0 Å². The Balaban J connectivity index is 2.43. The van der Waals surface area contributed by atoms with Gasteiger partial charge in [0, 0.05) is 17.2 Å². The molecule has 0 atom stereocenters. The summed E-state index contributed by atoms with van der Waals surface area (Å²) in [6.45, 7) is 0. The molecule has 0 aliphatic heterocycles. The number of hydrogen-bond acceptors (Lipinski definition) is 0. The maximum atomic E-state index is 14.1. The molecule has 2 aromatic carbocycles. The zero-order valence-corrected chi connectivity index (χ0v) is 13.3. The van der Waals surface area contributed by atoms with Gasteiger partial charge in [0.2, 0.25) is 0 Å². The fourth-order valence-corrected chi connectivity index (χ4v) is 3.18. The molecule has 0 unspecified atom stereocenters. The number of rotatable bonds is 5. The van der Waals surface area contributed by atoms with Gasteiger partial charge in [-0.05, 0) is 35.7 Å². The predicted molar refractivity (Wildman–Crippen MR) is 84.6 cm³/mol. The highest BCUT2D eigenvalue weighted by molar-refractivity contribution is 6.30. The second-order valence-electron chi connectivity index (χ2n) is 4.95. The molecule has 0 aromatic heterocycles. The van der Waals surface area contributed by atoms with E-state index in [1.54, 1.807) is 24.3 Å². The van der Waals surface area contributed by atoms with Crippen LogP contribution in [-0.4, -0.2) is 11.8 Å². The average molecular weight is 350 g/mol. The molecule has 0 saturated carbocycles. The van der Waals surface area contributed by atoms with E-state index in [0.29, 0.717) is 17.5 Å². The predicted octanol–water partition coefficient (Wildman–Crippen LogP) is 5.58. The molecule has 2 rings (SSSR count). The summed E-state index contributed by atoms with van der Waals surface area (Å²) in [5, 5.41) is 0.0481.